The minimum atomic E-state index is -0.439. The summed E-state index contributed by atoms with van der Waals surface area (Å²) < 4.78 is 18.7. The Hall–Kier alpha value is -1.42. The SMILES string of the molecule is CCc1c(C(=O)CN)cc(F)c(C)c1OC. The molecule has 16 heavy (non-hydrogen) atoms. The van der Waals surface area contributed by atoms with E-state index in [9.17, 15) is 9.18 Å². The number of hydrogen-bond acceptors (Lipinski definition) is 3. The van der Waals surface area contributed by atoms with Crippen LogP contribution in [0.3, 0.4) is 0 Å². The van der Waals surface area contributed by atoms with Crippen LogP contribution in [0.15, 0.2) is 6.07 Å². The molecule has 4 heteroatoms. The zero-order valence-electron chi connectivity index (χ0n) is 9.76. The summed E-state index contributed by atoms with van der Waals surface area (Å²) in [7, 11) is 1.47. The normalized spacial score (nSPS) is 10.3. The van der Waals surface area contributed by atoms with Gasteiger partial charge in [0.05, 0.1) is 13.7 Å². The van der Waals surface area contributed by atoms with Crippen LogP contribution >= 0.6 is 0 Å². The average Bonchev–Trinajstić information content (AvgIpc) is 2.30. The molecule has 0 spiro atoms. The number of Topliss-reactive ketones (excluding diaryl/α,β-unsaturated/α-hetero) is 1. The van der Waals surface area contributed by atoms with Gasteiger partial charge in [-0.05, 0) is 19.4 Å². The van der Waals surface area contributed by atoms with Crippen molar-refractivity contribution in [1.82, 2.24) is 0 Å². The van der Waals surface area contributed by atoms with Crippen molar-refractivity contribution in [2.75, 3.05) is 13.7 Å². The highest BCUT2D eigenvalue weighted by Gasteiger charge is 2.18. The molecule has 0 bridgehead atoms. The van der Waals surface area contributed by atoms with Crippen LogP contribution in [-0.4, -0.2) is 19.4 Å². The smallest absolute Gasteiger partial charge is 0.176 e. The van der Waals surface area contributed by atoms with Crippen LogP contribution in [0.5, 0.6) is 5.75 Å². The Morgan fingerprint density at radius 1 is 1.56 bits per heavy atom. The molecule has 0 unspecified atom stereocenters. The summed E-state index contributed by atoms with van der Waals surface area (Å²) in [5.74, 6) is -0.265. The number of carbonyl (C=O) groups excluding carboxylic acids is 1. The van der Waals surface area contributed by atoms with Gasteiger partial charge in [0.25, 0.3) is 0 Å². The van der Waals surface area contributed by atoms with Crippen molar-refractivity contribution in [3.63, 3.8) is 0 Å². The number of ketones is 1. The molecular weight excluding hydrogens is 209 g/mol. The van der Waals surface area contributed by atoms with Gasteiger partial charge in [-0.25, -0.2) is 4.39 Å². The van der Waals surface area contributed by atoms with E-state index in [0.717, 1.165) is 5.56 Å². The number of ether oxygens (including phenoxy) is 1. The van der Waals surface area contributed by atoms with Crippen molar-refractivity contribution < 1.29 is 13.9 Å². The first-order valence-corrected chi connectivity index (χ1v) is 5.16. The molecule has 0 aliphatic carbocycles. The van der Waals surface area contributed by atoms with Crippen molar-refractivity contribution in [3.05, 3.63) is 28.6 Å². The molecule has 0 fully saturated rings. The lowest BCUT2D eigenvalue weighted by atomic mass is 9.97. The summed E-state index contributed by atoms with van der Waals surface area (Å²) in [4.78, 5) is 11.6. The topological polar surface area (TPSA) is 52.3 Å². The molecule has 0 aliphatic heterocycles. The Balaban J connectivity index is 3.49. The zero-order valence-corrected chi connectivity index (χ0v) is 9.76. The standard InChI is InChI=1S/C12H16FNO2/c1-4-8-9(11(15)6-14)5-10(13)7(2)12(8)16-3/h5H,4,6,14H2,1-3H3. The maximum Gasteiger partial charge on any atom is 0.176 e. The van der Waals surface area contributed by atoms with Crippen molar-refractivity contribution in [2.45, 2.75) is 20.3 Å². The summed E-state index contributed by atoms with van der Waals surface area (Å²) in [6.07, 6.45) is 0.603. The number of hydrogen-bond donors (Lipinski definition) is 1. The van der Waals surface area contributed by atoms with Gasteiger partial charge in [-0.15, -0.1) is 0 Å². The highest BCUT2D eigenvalue weighted by Crippen LogP contribution is 2.29. The summed E-state index contributed by atoms with van der Waals surface area (Å²) >= 11 is 0. The van der Waals surface area contributed by atoms with E-state index in [-0.39, 0.29) is 12.3 Å². The van der Waals surface area contributed by atoms with E-state index >= 15 is 0 Å². The molecule has 0 heterocycles. The fourth-order valence-corrected chi connectivity index (χ4v) is 1.77. The van der Waals surface area contributed by atoms with E-state index < -0.39 is 5.82 Å². The number of halogens is 1. The number of benzene rings is 1. The Morgan fingerprint density at radius 2 is 2.19 bits per heavy atom. The first kappa shape index (κ1) is 12.6. The van der Waals surface area contributed by atoms with E-state index in [1.54, 1.807) is 6.92 Å². The predicted molar refractivity (Wildman–Crippen MR) is 60.5 cm³/mol. The number of rotatable bonds is 4. The molecule has 0 radical (unpaired) electrons. The van der Waals surface area contributed by atoms with Crippen LogP contribution in [0.25, 0.3) is 0 Å². The third-order valence-electron chi connectivity index (χ3n) is 2.61. The zero-order chi connectivity index (χ0) is 12.3. The molecule has 0 amide bonds. The van der Waals surface area contributed by atoms with E-state index in [1.807, 2.05) is 6.92 Å². The Kier molecular flexibility index (Phi) is 4.01. The second-order valence-corrected chi connectivity index (χ2v) is 3.52. The highest BCUT2D eigenvalue weighted by molar-refractivity contribution is 5.99. The maximum absolute atomic E-state index is 13.6. The summed E-state index contributed by atoms with van der Waals surface area (Å²) in [6, 6.07) is 1.24. The largest absolute Gasteiger partial charge is 0.496 e. The monoisotopic (exact) mass is 225 g/mol. The first-order chi connectivity index (χ1) is 7.56. The Morgan fingerprint density at radius 3 is 2.62 bits per heavy atom. The van der Waals surface area contributed by atoms with Gasteiger partial charge in [-0.2, -0.15) is 0 Å². The Labute approximate surface area is 94.4 Å². The van der Waals surface area contributed by atoms with Crippen LogP contribution in [0.4, 0.5) is 4.39 Å². The lowest BCUT2D eigenvalue weighted by Crippen LogP contribution is -2.17. The molecule has 3 nitrogen and oxygen atoms in total. The van der Waals surface area contributed by atoms with Crippen LogP contribution in [-0.2, 0) is 6.42 Å². The second-order valence-electron chi connectivity index (χ2n) is 3.52. The quantitative estimate of drug-likeness (QED) is 0.795. The molecule has 0 aromatic heterocycles. The predicted octanol–water partition coefficient (Wildman–Crippen LogP) is 1.85. The van der Waals surface area contributed by atoms with Gasteiger partial charge in [-0.1, -0.05) is 6.92 Å². The first-order valence-electron chi connectivity index (χ1n) is 5.16. The summed E-state index contributed by atoms with van der Waals surface area (Å²) in [5.41, 5.74) is 6.76. The van der Waals surface area contributed by atoms with Gasteiger partial charge < -0.3 is 10.5 Å². The molecule has 88 valence electrons. The van der Waals surface area contributed by atoms with Gasteiger partial charge >= 0.3 is 0 Å². The summed E-state index contributed by atoms with van der Waals surface area (Å²) in [6.45, 7) is 3.39. The molecular formula is C12H16FNO2. The maximum atomic E-state index is 13.6. The molecule has 1 rings (SSSR count). The van der Waals surface area contributed by atoms with Crippen LogP contribution in [0, 0.1) is 12.7 Å². The molecule has 0 saturated carbocycles. The lowest BCUT2D eigenvalue weighted by Gasteiger charge is -2.14. The highest BCUT2D eigenvalue weighted by atomic mass is 19.1. The van der Waals surface area contributed by atoms with Gasteiger partial charge in [0.15, 0.2) is 5.78 Å². The fraction of sp³-hybridized carbons (Fsp3) is 0.417. The third kappa shape index (κ3) is 2.07. The molecule has 1 aromatic rings. The lowest BCUT2D eigenvalue weighted by molar-refractivity contribution is 0.0999. The van der Waals surface area contributed by atoms with Gasteiger partial charge in [0.1, 0.15) is 11.6 Å². The average molecular weight is 225 g/mol. The second kappa shape index (κ2) is 5.07. The van der Waals surface area contributed by atoms with E-state index in [2.05, 4.69) is 0 Å². The molecule has 2 N–H and O–H groups in total. The van der Waals surface area contributed by atoms with Crippen molar-refractivity contribution >= 4 is 5.78 Å². The van der Waals surface area contributed by atoms with E-state index in [1.165, 1.54) is 13.2 Å². The molecule has 1 aromatic carbocycles. The van der Waals surface area contributed by atoms with Gasteiger partial charge in [0, 0.05) is 16.7 Å². The summed E-state index contributed by atoms with van der Waals surface area (Å²) in [5, 5.41) is 0. The van der Waals surface area contributed by atoms with Gasteiger partial charge in [0.2, 0.25) is 0 Å². The van der Waals surface area contributed by atoms with E-state index in [0.29, 0.717) is 23.3 Å². The van der Waals surface area contributed by atoms with Crippen LogP contribution < -0.4 is 10.5 Å². The van der Waals surface area contributed by atoms with Crippen molar-refractivity contribution in [1.29, 1.82) is 0 Å². The van der Waals surface area contributed by atoms with E-state index in [4.69, 9.17) is 10.5 Å². The number of methoxy groups -OCH3 is 1. The van der Waals surface area contributed by atoms with Crippen LogP contribution in [0.2, 0.25) is 0 Å². The minimum absolute atomic E-state index is 0.126. The van der Waals surface area contributed by atoms with Crippen molar-refractivity contribution in [3.8, 4) is 5.75 Å². The fourth-order valence-electron chi connectivity index (χ4n) is 1.77. The third-order valence-corrected chi connectivity index (χ3v) is 2.61. The minimum Gasteiger partial charge on any atom is -0.496 e. The molecule has 0 atom stereocenters. The number of carbonyl (C=O) groups is 1. The Bertz CT molecular complexity index is 416. The molecule has 0 aliphatic rings. The van der Waals surface area contributed by atoms with Gasteiger partial charge in [-0.3, -0.25) is 4.79 Å². The molecule has 0 saturated heterocycles. The van der Waals surface area contributed by atoms with Crippen molar-refractivity contribution in [2.24, 2.45) is 5.73 Å². The van der Waals surface area contributed by atoms with Crippen LogP contribution in [0.1, 0.15) is 28.4 Å². The number of nitrogens with two attached hydrogens (primary N) is 1.